The molecule has 2 rings (SSSR count). The minimum absolute atomic E-state index is 0.506. The normalized spacial score (nSPS) is 19.3. The number of rotatable bonds is 9. The van der Waals surface area contributed by atoms with Crippen LogP contribution >= 0.6 is 11.3 Å². The number of nitrogens with zero attached hydrogens (tertiary/aromatic N) is 3. The van der Waals surface area contributed by atoms with Crippen molar-refractivity contribution in [2.75, 3.05) is 58.9 Å². The van der Waals surface area contributed by atoms with Gasteiger partial charge in [-0.3, -0.25) is 4.99 Å². The van der Waals surface area contributed by atoms with E-state index in [9.17, 15) is 0 Å². The fourth-order valence-electron chi connectivity index (χ4n) is 3.30. The molecule has 0 bridgehead atoms. The molecule has 1 aliphatic rings. The topological polar surface area (TPSA) is 42.9 Å². The molecule has 1 aliphatic heterocycles. The van der Waals surface area contributed by atoms with Crippen molar-refractivity contribution in [3.8, 4) is 0 Å². The van der Waals surface area contributed by atoms with Gasteiger partial charge in [-0.25, -0.2) is 0 Å². The first kappa shape index (κ1) is 21.2. The van der Waals surface area contributed by atoms with Crippen molar-refractivity contribution in [3.05, 3.63) is 22.4 Å². The Kier molecular flexibility index (Phi) is 9.43. The summed E-state index contributed by atoms with van der Waals surface area (Å²) in [5, 5.41) is 9.03. The predicted molar refractivity (Wildman–Crippen MR) is 114 cm³/mol. The largest absolute Gasteiger partial charge is 0.357 e. The smallest absolute Gasteiger partial charge is 0.191 e. The number of nitrogens with one attached hydrogen (secondary N) is 2. The second kappa shape index (κ2) is 11.6. The van der Waals surface area contributed by atoms with Gasteiger partial charge in [-0.1, -0.05) is 26.8 Å². The van der Waals surface area contributed by atoms with E-state index in [0.717, 1.165) is 32.1 Å². The molecule has 1 fully saturated rings. The lowest BCUT2D eigenvalue weighted by molar-refractivity contribution is 0.125. The van der Waals surface area contributed by atoms with Gasteiger partial charge in [0.15, 0.2) is 5.96 Å². The summed E-state index contributed by atoms with van der Waals surface area (Å²) >= 11 is 1.83. The van der Waals surface area contributed by atoms with E-state index in [4.69, 9.17) is 4.99 Å². The maximum atomic E-state index is 4.82. The van der Waals surface area contributed by atoms with Gasteiger partial charge < -0.3 is 20.4 Å². The second-order valence-corrected chi connectivity index (χ2v) is 8.34. The van der Waals surface area contributed by atoms with Crippen molar-refractivity contribution in [1.29, 1.82) is 0 Å². The molecule has 0 radical (unpaired) electrons. The molecule has 0 spiro atoms. The fraction of sp³-hybridized carbons (Fsp3) is 0.750. The maximum Gasteiger partial charge on any atom is 0.191 e. The monoisotopic (exact) mass is 379 g/mol. The molecule has 5 nitrogen and oxygen atoms in total. The SMILES string of the molecule is CCNC(=NCC(C)CN1CCN(CC)CC1)NCC(C)c1cccs1. The average molecular weight is 380 g/mol. The Bertz CT molecular complexity index is 508. The van der Waals surface area contributed by atoms with Crippen LogP contribution in [0.25, 0.3) is 0 Å². The first-order valence-electron chi connectivity index (χ1n) is 10.1. The van der Waals surface area contributed by atoms with Crippen LogP contribution in [-0.4, -0.2) is 74.7 Å². The number of hydrogen-bond acceptors (Lipinski definition) is 4. The quantitative estimate of drug-likeness (QED) is 0.511. The zero-order chi connectivity index (χ0) is 18.8. The lowest BCUT2D eigenvalue weighted by Crippen LogP contribution is -2.47. The molecular formula is C20H37N5S. The molecule has 0 aliphatic carbocycles. The highest BCUT2D eigenvalue weighted by atomic mass is 32.1. The predicted octanol–water partition coefficient (Wildman–Crippen LogP) is 2.68. The molecule has 6 heteroatoms. The van der Waals surface area contributed by atoms with Gasteiger partial charge in [0, 0.05) is 63.2 Å². The van der Waals surface area contributed by atoms with Gasteiger partial charge in [0.1, 0.15) is 0 Å². The van der Waals surface area contributed by atoms with Crippen molar-refractivity contribution in [1.82, 2.24) is 20.4 Å². The minimum Gasteiger partial charge on any atom is -0.357 e. The molecule has 0 saturated carbocycles. The van der Waals surface area contributed by atoms with Crippen LogP contribution in [-0.2, 0) is 0 Å². The van der Waals surface area contributed by atoms with E-state index >= 15 is 0 Å². The summed E-state index contributed by atoms with van der Waals surface area (Å²) in [7, 11) is 0. The average Bonchev–Trinajstić information content (AvgIpc) is 3.19. The Morgan fingerprint density at radius 2 is 1.88 bits per heavy atom. The summed E-state index contributed by atoms with van der Waals surface area (Å²) in [5.74, 6) is 2.03. The van der Waals surface area contributed by atoms with Crippen molar-refractivity contribution in [2.24, 2.45) is 10.9 Å². The Labute approximate surface area is 163 Å². The molecule has 1 aromatic heterocycles. The highest BCUT2D eigenvalue weighted by molar-refractivity contribution is 7.10. The molecule has 2 heterocycles. The molecule has 2 N–H and O–H groups in total. The van der Waals surface area contributed by atoms with Crippen LogP contribution in [0.4, 0.5) is 0 Å². The van der Waals surface area contributed by atoms with Crippen LogP contribution in [0.15, 0.2) is 22.5 Å². The van der Waals surface area contributed by atoms with E-state index in [1.165, 1.54) is 37.6 Å². The summed E-state index contributed by atoms with van der Waals surface area (Å²) in [6.45, 7) is 18.8. The molecule has 1 saturated heterocycles. The number of hydrogen-bond donors (Lipinski definition) is 2. The Morgan fingerprint density at radius 1 is 1.15 bits per heavy atom. The van der Waals surface area contributed by atoms with E-state index in [1.807, 2.05) is 11.3 Å². The van der Waals surface area contributed by atoms with Gasteiger partial charge in [0.2, 0.25) is 0 Å². The van der Waals surface area contributed by atoms with Crippen LogP contribution in [0.2, 0.25) is 0 Å². The lowest BCUT2D eigenvalue weighted by Gasteiger charge is -2.35. The van der Waals surface area contributed by atoms with E-state index < -0.39 is 0 Å². The van der Waals surface area contributed by atoms with Crippen LogP contribution in [0.3, 0.4) is 0 Å². The minimum atomic E-state index is 0.506. The number of piperazine rings is 1. The second-order valence-electron chi connectivity index (χ2n) is 7.36. The fourth-order valence-corrected chi connectivity index (χ4v) is 4.08. The third-order valence-corrected chi connectivity index (χ3v) is 6.10. The maximum absolute atomic E-state index is 4.82. The Hall–Kier alpha value is -1.11. The molecule has 1 aromatic rings. The summed E-state index contributed by atoms with van der Waals surface area (Å²) in [5.41, 5.74) is 0. The highest BCUT2D eigenvalue weighted by Crippen LogP contribution is 2.19. The first-order valence-corrected chi connectivity index (χ1v) is 11.0. The van der Waals surface area contributed by atoms with Gasteiger partial charge in [0.25, 0.3) is 0 Å². The van der Waals surface area contributed by atoms with Crippen molar-refractivity contribution < 1.29 is 0 Å². The third kappa shape index (κ3) is 7.25. The zero-order valence-electron chi connectivity index (χ0n) is 17.0. The molecule has 0 amide bonds. The van der Waals surface area contributed by atoms with E-state index in [-0.39, 0.29) is 0 Å². The van der Waals surface area contributed by atoms with Gasteiger partial charge in [0.05, 0.1) is 0 Å². The summed E-state index contributed by atoms with van der Waals surface area (Å²) in [4.78, 5) is 11.4. The van der Waals surface area contributed by atoms with Crippen LogP contribution < -0.4 is 10.6 Å². The Morgan fingerprint density at radius 3 is 2.50 bits per heavy atom. The van der Waals surface area contributed by atoms with Crippen LogP contribution in [0.5, 0.6) is 0 Å². The van der Waals surface area contributed by atoms with Gasteiger partial charge in [-0.05, 0) is 30.8 Å². The number of thiophene rings is 1. The van der Waals surface area contributed by atoms with Crippen LogP contribution in [0, 0.1) is 5.92 Å². The van der Waals surface area contributed by atoms with E-state index in [0.29, 0.717) is 11.8 Å². The Balaban J connectivity index is 1.74. The summed E-state index contributed by atoms with van der Waals surface area (Å²) in [6.07, 6.45) is 0. The van der Waals surface area contributed by atoms with Gasteiger partial charge in [-0.15, -0.1) is 11.3 Å². The van der Waals surface area contributed by atoms with E-state index in [1.54, 1.807) is 0 Å². The lowest BCUT2D eigenvalue weighted by atomic mass is 10.1. The molecule has 26 heavy (non-hydrogen) atoms. The summed E-state index contributed by atoms with van der Waals surface area (Å²) < 4.78 is 0. The van der Waals surface area contributed by atoms with E-state index in [2.05, 4.69) is 65.6 Å². The third-order valence-electron chi connectivity index (χ3n) is 4.99. The number of likely N-dealkylation sites (N-methyl/N-ethyl adjacent to an activating group) is 1. The van der Waals surface area contributed by atoms with Gasteiger partial charge >= 0.3 is 0 Å². The highest BCUT2D eigenvalue weighted by Gasteiger charge is 2.17. The zero-order valence-corrected chi connectivity index (χ0v) is 17.8. The van der Waals surface area contributed by atoms with Crippen LogP contribution in [0.1, 0.15) is 38.5 Å². The van der Waals surface area contributed by atoms with Crippen molar-refractivity contribution in [3.63, 3.8) is 0 Å². The van der Waals surface area contributed by atoms with Crippen molar-refractivity contribution >= 4 is 17.3 Å². The van der Waals surface area contributed by atoms with Gasteiger partial charge in [-0.2, -0.15) is 0 Å². The molecule has 2 unspecified atom stereocenters. The standard InChI is InChI=1S/C20H37N5S/c1-5-21-20(23-15-18(4)19-8-7-13-26-19)22-14-17(3)16-25-11-9-24(6-2)10-12-25/h7-8,13,17-18H,5-6,9-12,14-16H2,1-4H3,(H2,21,22,23). The molecule has 148 valence electrons. The number of guanidine groups is 1. The summed E-state index contributed by atoms with van der Waals surface area (Å²) in [6, 6.07) is 4.33. The molecule has 2 atom stereocenters. The van der Waals surface area contributed by atoms with Crippen molar-refractivity contribution in [2.45, 2.75) is 33.6 Å². The molecule has 0 aromatic carbocycles. The number of aliphatic imine (C=N–C) groups is 1. The molecular weight excluding hydrogens is 342 g/mol. The first-order chi connectivity index (χ1) is 12.6.